The molecule has 0 unspecified atom stereocenters. The number of nitrogens with zero attached hydrogens (tertiary/aromatic N) is 4. The summed E-state index contributed by atoms with van der Waals surface area (Å²) in [7, 11) is 0. The predicted octanol–water partition coefficient (Wildman–Crippen LogP) is 5.95. The lowest BCUT2D eigenvalue weighted by molar-refractivity contribution is -0.139. The van der Waals surface area contributed by atoms with Crippen LogP contribution in [0.25, 0.3) is 34.3 Å². The van der Waals surface area contributed by atoms with Crippen molar-refractivity contribution in [3.63, 3.8) is 0 Å². The van der Waals surface area contributed by atoms with Gasteiger partial charge in [0.05, 0.1) is 6.10 Å². The van der Waals surface area contributed by atoms with Crippen LogP contribution >= 0.6 is 11.6 Å². The Labute approximate surface area is 231 Å². The maximum absolute atomic E-state index is 14.0. The van der Waals surface area contributed by atoms with Crippen LogP contribution in [0.1, 0.15) is 36.5 Å². The van der Waals surface area contributed by atoms with E-state index < -0.39 is 41.2 Å². The van der Waals surface area contributed by atoms with Gasteiger partial charge in [-0.25, -0.2) is 0 Å². The van der Waals surface area contributed by atoms with Gasteiger partial charge in [-0.1, -0.05) is 58.3 Å². The van der Waals surface area contributed by atoms with Crippen molar-refractivity contribution in [3.05, 3.63) is 64.7 Å². The second-order valence-electron chi connectivity index (χ2n) is 9.67. The van der Waals surface area contributed by atoms with E-state index in [0.29, 0.717) is 24.2 Å². The van der Waals surface area contributed by atoms with Crippen LogP contribution in [0.3, 0.4) is 0 Å². The number of aromatic nitrogens is 3. The van der Waals surface area contributed by atoms with Crippen LogP contribution in [0.2, 0.25) is 5.02 Å². The average Bonchev–Trinajstić information content (AvgIpc) is 3.56. The highest BCUT2D eigenvalue weighted by atomic mass is 35.5. The molecule has 0 amide bonds. The lowest BCUT2D eigenvalue weighted by atomic mass is 9.94. The molecule has 1 fully saturated rings. The summed E-state index contributed by atoms with van der Waals surface area (Å²) >= 11 is 5.94. The molecule has 2 aromatic heterocycles. The smallest absolute Gasteiger partial charge is 0.422 e. The highest BCUT2D eigenvalue weighted by molar-refractivity contribution is 6.30. The van der Waals surface area contributed by atoms with E-state index in [1.54, 1.807) is 24.3 Å². The van der Waals surface area contributed by atoms with E-state index in [1.165, 1.54) is 24.3 Å². The predicted molar refractivity (Wildman–Crippen MR) is 137 cm³/mol. The second-order valence-corrected chi connectivity index (χ2v) is 10.1. The highest BCUT2D eigenvalue weighted by Crippen LogP contribution is 2.43. The van der Waals surface area contributed by atoms with Crippen LogP contribution in [0.15, 0.2) is 57.6 Å². The Morgan fingerprint density at radius 1 is 1.12 bits per heavy atom. The third kappa shape index (κ3) is 6.19. The maximum Gasteiger partial charge on any atom is 0.422 e. The summed E-state index contributed by atoms with van der Waals surface area (Å²) in [5, 5.41) is 27.4. The first-order valence-electron chi connectivity index (χ1n) is 12.5. The fourth-order valence-corrected chi connectivity index (χ4v) is 5.09. The number of aliphatic carboxylic acids is 1. The van der Waals surface area contributed by atoms with Gasteiger partial charge in [0.25, 0.3) is 5.89 Å². The summed E-state index contributed by atoms with van der Waals surface area (Å²) in [6.45, 7) is 1.73. The molecule has 0 spiro atoms. The van der Waals surface area contributed by atoms with Crippen molar-refractivity contribution < 1.29 is 37.2 Å². The van der Waals surface area contributed by atoms with Crippen molar-refractivity contribution in [1.29, 1.82) is 0 Å². The summed E-state index contributed by atoms with van der Waals surface area (Å²) in [6, 6.07) is 12.4. The van der Waals surface area contributed by atoms with Gasteiger partial charge in [-0.3, -0.25) is 4.79 Å². The van der Waals surface area contributed by atoms with E-state index in [0.717, 1.165) is 19.4 Å². The van der Waals surface area contributed by atoms with Gasteiger partial charge in [-0.15, -0.1) is 0 Å². The van der Waals surface area contributed by atoms with E-state index in [9.17, 15) is 23.1 Å². The largest absolute Gasteiger partial charge is 0.481 e. The third-order valence-electron chi connectivity index (χ3n) is 6.74. The van der Waals surface area contributed by atoms with E-state index in [-0.39, 0.29) is 28.7 Å². The van der Waals surface area contributed by atoms with Crippen LogP contribution in [0.5, 0.6) is 0 Å². The van der Waals surface area contributed by atoms with Gasteiger partial charge in [0.1, 0.15) is 5.56 Å². The third-order valence-corrected chi connectivity index (χ3v) is 6.98. The zero-order valence-electron chi connectivity index (χ0n) is 20.9. The molecule has 1 aliphatic rings. The Balaban J connectivity index is 1.32. The number of rotatable bonds is 8. The number of β-amino-alcohol motifs (C(OH)–C–C–N with tert-alkyl or cyclic N) is 1. The molecular weight excluding hydrogens is 553 g/mol. The molecule has 2 atom stereocenters. The number of piperidine rings is 1. The molecular formula is C27H24ClF3N4O5. The Morgan fingerprint density at radius 3 is 2.60 bits per heavy atom. The minimum absolute atomic E-state index is 0.0315. The molecule has 1 aliphatic heterocycles. The zero-order chi connectivity index (χ0) is 28.4. The van der Waals surface area contributed by atoms with Crippen LogP contribution < -0.4 is 0 Å². The number of carboxylic acid groups (broad SMARTS) is 1. The number of benzene rings is 2. The molecule has 0 bridgehead atoms. The molecule has 0 saturated carbocycles. The van der Waals surface area contributed by atoms with Gasteiger partial charge in [0, 0.05) is 35.7 Å². The van der Waals surface area contributed by atoms with Gasteiger partial charge < -0.3 is 24.2 Å². The number of carboxylic acids is 1. The summed E-state index contributed by atoms with van der Waals surface area (Å²) in [6.07, 6.45) is -3.82. The maximum atomic E-state index is 14.0. The van der Waals surface area contributed by atoms with Gasteiger partial charge in [0.2, 0.25) is 5.82 Å². The van der Waals surface area contributed by atoms with E-state index in [2.05, 4.69) is 20.2 Å². The summed E-state index contributed by atoms with van der Waals surface area (Å²) < 4.78 is 52.3. The number of alkyl halides is 3. The van der Waals surface area contributed by atoms with Crippen LogP contribution in [0, 0.1) is 5.92 Å². The number of aliphatic hydroxyl groups is 1. The molecule has 210 valence electrons. The number of aliphatic hydroxyl groups excluding tert-OH is 1. The van der Waals surface area contributed by atoms with E-state index in [1.807, 2.05) is 0 Å². The monoisotopic (exact) mass is 576 g/mol. The molecule has 5 rings (SSSR count). The minimum Gasteiger partial charge on any atom is -0.481 e. The van der Waals surface area contributed by atoms with Gasteiger partial charge in [-0.2, -0.15) is 18.2 Å². The first-order valence-corrected chi connectivity index (χ1v) is 12.9. The molecule has 2 N–H and O–H groups in total. The SMILES string of the molecule is O=C(O)C[C@H]1CCCN(C[C@@H](O)c2ccc(-c3noc(-c4noc(-c5cccc(Cl)c5)c4C(F)(F)F)n3)cc2)C1. The number of hydrogen-bond acceptors (Lipinski definition) is 8. The summed E-state index contributed by atoms with van der Waals surface area (Å²) in [5.41, 5.74) is -0.635. The number of hydrogen-bond donors (Lipinski definition) is 2. The van der Waals surface area contributed by atoms with Crippen LogP contribution in [-0.2, 0) is 11.0 Å². The van der Waals surface area contributed by atoms with Crippen molar-refractivity contribution >= 4 is 17.6 Å². The van der Waals surface area contributed by atoms with Crippen molar-refractivity contribution in [2.75, 3.05) is 19.6 Å². The van der Waals surface area contributed by atoms with Crippen molar-refractivity contribution in [2.45, 2.75) is 31.5 Å². The molecule has 0 radical (unpaired) electrons. The number of halogens is 4. The van der Waals surface area contributed by atoms with Crippen LogP contribution in [-0.4, -0.2) is 56.0 Å². The first-order chi connectivity index (χ1) is 19.1. The average molecular weight is 577 g/mol. The van der Waals surface area contributed by atoms with E-state index in [4.69, 9.17) is 25.8 Å². The lowest BCUT2D eigenvalue weighted by Gasteiger charge is -2.33. The van der Waals surface area contributed by atoms with Crippen molar-refractivity contribution in [1.82, 2.24) is 20.2 Å². The van der Waals surface area contributed by atoms with Gasteiger partial charge >= 0.3 is 12.1 Å². The van der Waals surface area contributed by atoms with Crippen molar-refractivity contribution in [2.24, 2.45) is 5.92 Å². The normalized spacial score (nSPS) is 17.2. The second kappa shape index (κ2) is 11.4. The Hall–Kier alpha value is -3.74. The lowest BCUT2D eigenvalue weighted by Crippen LogP contribution is -2.38. The van der Waals surface area contributed by atoms with Crippen molar-refractivity contribution in [3.8, 4) is 34.3 Å². The summed E-state index contributed by atoms with van der Waals surface area (Å²) in [4.78, 5) is 17.2. The van der Waals surface area contributed by atoms with Crippen LogP contribution in [0.4, 0.5) is 13.2 Å². The molecule has 9 nitrogen and oxygen atoms in total. The zero-order valence-corrected chi connectivity index (χ0v) is 21.7. The Bertz CT molecular complexity index is 1490. The molecule has 2 aromatic carbocycles. The highest BCUT2D eigenvalue weighted by Gasteiger charge is 2.43. The number of likely N-dealkylation sites (tertiary alicyclic amines) is 1. The first kappa shape index (κ1) is 27.8. The number of carbonyl (C=O) groups is 1. The molecule has 0 aliphatic carbocycles. The minimum atomic E-state index is -4.83. The van der Waals surface area contributed by atoms with E-state index >= 15 is 0 Å². The fourth-order valence-electron chi connectivity index (χ4n) is 4.90. The fraction of sp³-hybridized carbons (Fsp3) is 0.333. The van der Waals surface area contributed by atoms with Gasteiger partial charge in [0.15, 0.2) is 11.5 Å². The molecule has 40 heavy (non-hydrogen) atoms. The quantitative estimate of drug-likeness (QED) is 0.261. The molecule has 4 aromatic rings. The Morgan fingerprint density at radius 2 is 1.90 bits per heavy atom. The van der Waals surface area contributed by atoms with Gasteiger partial charge in [-0.05, 0) is 43.0 Å². The molecule has 13 heteroatoms. The summed E-state index contributed by atoms with van der Waals surface area (Å²) in [5.74, 6) is -1.73. The molecule has 1 saturated heterocycles. The topological polar surface area (TPSA) is 126 Å². The Kier molecular flexibility index (Phi) is 7.92. The molecule has 3 heterocycles. The standard InChI is InChI=1S/C27H24ClF3N4O5/c28-19-5-1-4-18(12-19)24-22(27(29,30)31)23(33-39-24)26-32-25(34-40-26)17-8-6-16(7-9-17)20(36)14-35-10-2-3-15(13-35)11-21(37)38/h1,4-9,12,15,20,36H,2-3,10-11,13-14H2,(H,37,38)/t15-,20-/m1/s1.